The highest BCUT2D eigenvalue weighted by atomic mass is 16.5. The van der Waals surface area contributed by atoms with Crippen LogP contribution in [0.2, 0.25) is 0 Å². The van der Waals surface area contributed by atoms with Crippen molar-refractivity contribution in [3.63, 3.8) is 0 Å². The number of ether oxygens (including phenoxy) is 1. The third-order valence-corrected chi connectivity index (χ3v) is 6.61. The minimum atomic E-state index is -1.06. The fourth-order valence-electron chi connectivity index (χ4n) is 4.66. The van der Waals surface area contributed by atoms with Crippen LogP contribution in [0.15, 0.2) is 48.5 Å². The summed E-state index contributed by atoms with van der Waals surface area (Å²) in [5.41, 5.74) is 4.50. The summed E-state index contributed by atoms with van der Waals surface area (Å²) in [7, 11) is 3.77. The Balaban J connectivity index is 1.43. The second-order valence-electron chi connectivity index (χ2n) is 9.67. The predicted molar refractivity (Wildman–Crippen MR) is 132 cm³/mol. The van der Waals surface area contributed by atoms with Crippen LogP contribution in [0.1, 0.15) is 36.3 Å². The average Bonchev–Trinajstić information content (AvgIpc) is 3.59. The van der Waals surface area contributed by atoms with Gasteiger partial charge in [0.15, 0.2) is 0 Å². The summed E-state index contributed by atoms with van der Waals surface area (Å²) < 4.78 is 5.63. The molecule has 186 valence electrons. The van der Waals surface area contributed by atoms with E-state index < -0.39 is 18.1 Å². The lowest BCUT2D eigenvalue weighted by Gasteiger charge is -2.27. The van der Waals surface area contributed by atoms with E-state index in [2.05, 4.69) is 17.4 Å². The van der Waals surface area contributed by atoms with Crippen LogP contribution in [0.25, 0.3) is 11.1 Å². The molecule has 1 unspecified atom stereocenters. The maximum absolute atomic E-state index is 13.3. The molecule has 2 amide bonds. The Morgan fingerprint density at radius 3 is 2.17 bits per heavy atom. The molecule has 2 aliphatic rings. The Bertz CT molecular complexity index is 1040. The smallest absolute Gasteiger partial charge is 0.407 e. The lowest BCUT2D eigenvalue weighted by atomic mass is 9.98. The van der Waals surface area contributed by atoms with Crippen LogP contribution in [0.4, 0.5) is 4.79 Å². The number of nitrogens with one attached hydrogen (secondary N) is 1. The second kappa shape index (κ2) is 10.9. The normalized spacial score (nSPS) is 15.3. The van der Waals surface area contributed by atoms with E-state index in [1.165, 1.54) is 4.90 Å². The van der Waals surface area contributed by atoms with Gasteiger partial charge in [-0.3, -0.25) is 9.59 Å². The number of hydrogen-bond acceptors (Lipinski definition) is 5. The highest BCUT2D eigenvalue weighted by Crippen LogP contribution is 2.44. The van der Waals surface area contributed by atoms with E-state index in [0.717, 1.165) is 35.1 Å². The number of carboxylic acids is 1. The van der Waals surface area contributed by atoms with Gasteiger partial charge < -0.3 is 25.0 Å². The molecule has 1 saturated carbocycles. The molecule has 0 bridgehead atoms. The lowest BCUT2D eigenvalue weighted by molar-refractivity contribution is -0.145. The van der Waals surface area contributed by atoms with Crippen LogP contribution in [0.3, 0.4) is 0 Å². The number of aliphatic carboxylic acids is 1. The quantitative estimate of drug-likeness (QED) is 0.514. The van der Waals surface area contributed by atoms with E-state index in [1.54, 1.807) is 0 Å². The van der Waals surface area contributed by atoms with Gasteiger partial charge in [-0.2, -0.15) is 0 Å². The summed E-state index contributed by atoms with van der Waals surface area (Å²) in [4.78, 5) is 40.7. The van der Waals surface area contributed by atoms with Gasteiger partial charge in [-0.15, -0.1) is 0 Å². The van der Waals surface area contributed by atoms with Crippen LogP contribution in [0, 0.1) is 5.92 Å². The molecule has 0 aromatic heterocycles. The zero-order chi connectivity index (χ0) is 24.9. The van der Waals surface area contributed by atoms with Crippen molar-refractivity contribution in [3.8, 4) is 11.1 Å². The first-order valence-corrected chi connectivity index (χ1v) is 12.1. The Morgan fingerprint density at radius 1 is 1.03 bits per heavy atom. The molecule has 0 saturated heterocycles. The Hall–Kier alpha value is -3.39. The monoisotopic (exact) mass is 479 g/mol. The van der Waals surface area contributed by atoms with Crippen molar-refractivity contribution in [2.45, 2.75) is 31.2 Å². The summed E-state index contributed by atoms with van der Waals surface area (Å²) in [5.74, 6) is -1.19. The van der Waals surface area contributed by atoms with E-state index in [4.69, 9.17) is 4.74 Å². The van der Waals surface area contributed by atoms with Gasteiger partial charge in [0.05, 0.1) is 0 Å². The number of benzene rings is 2. The van der Waals surface area contributed by atoms with Crippen molar-refractivity contribution < 1.29 is 24.2 Å². The molecule has 0 spiro atoms. The lowest BCUT2D eigenvalue weighted by Crippen LogP contribution is -2.51. The standard InChI is InChI=1S/C27H33N3O5/c1-29(2)14-13-24(26(33)30(16-25(31)32)15-18-11-12-18)28-27(34)35-17-23-21-9-5-3-7-19(21)20-8-4-6-10-22(20)23/h3-10,18,23-24H,11-17H2,1-2H3,(H,28,34)(H,31,32). The number of carboxylic acid groups (broad SMARTS) is 1. The SMILES string of the molecule is CN(C)CCC(NC(=O)OCC1c2ccccc2-c2ccccc21)C(=O)N(CC(=O)O)CC1CC1. The molecule has 1 atom stereocenters. The summed E-state index contributed by atoms with van der Waals surface area (Å²) >= 11 is 0. The predicted octanol–water partition coefficient (Wildman–Crippen LogP) is 3.17. The topological polar surface area (TPSA) is 99.2 Å². The third kappa shape index (κ3) is 6.19. The van der Waals surface area contributed by atoms with E-state index >= 15 is 0 Å². The number of rotatable bonds is 11. The molecule has 8 heteroatoms. The minimum Gasteiger partial charge on any atom is -0.480 e. The Kier molecular flexibility index (Phi) is 7.70. The van der Waals surface area contributed by atoms with Crippen LogP contribution in [0.5, 0.6) is 0 Å². The van der Waals surface area contributed by atoms with E-state index in [-0.39, 0.29) is 25.0 Å². The van der Waals surface area contributed by atoms with Crippen molar-refractivity contribution in [1.82, 2.24) is 15.1 Å². The highest BCUT2D eigenvalue weighted by molar-refractivity contribution is 5.88. The van der Waals surface area contributed by atoms with Gasteiger partial charge >= 0.3 is 12.1 Å². The van der Waals surface area contributed by atoms with Crippen molar-refractivity contribution >= 4 is 18.0 Å². The maximum Gasteiger partial charge on any atom is 0.407 e. The van der Waals surface area contributed by atoms with Crippen molar-refractivity contribution in [1.29, 1.82) is 0 Å². The van der Waals surface area contributed by atoms with Crippen molar-refractivity contribution in [2.24, 2.45) is 5.92 Å². The third-order valence-electron chi connectivity index (χ3n) is 6.61. The number of fused-ring (bicyclic) bond motifs is 3. The number of carbonyl (C=O) groups is 3. The summed E-state index contributed by atoms with van der Waals surface area (Å²) in [6, 6.07) is 15.3. The first-order valence-electron chi connectivity index (χ1n) is 12.1. The summed E-state index contributed by atoms with van der Waals surface area (Å²) in [6.07, 6.45) is 1.67. The molecule has 0 heterocycles. The molecular weight excluding hydrogens is 446 g/mol. The number of nitrogens with zero attached hydrogens (tertiary/aromatic N) is 2. The molecule has 35 heavy (non-hydrogen) atoms. The highest BCUT2D eigenvalue weighted by Gasteiger charge is 2.33. The van der Waals surface area contributed by atoms with Gasteiger partial charge in [-0.25, -0.2) is 4.79 Å². The van der Waals surface area contributed by atoms with Gasteiger partial charge in [-0.1, -0.05) is 48.5 Å². The zero-order valence-corrected chi connectivity index (χ0v) is 20.3. The average molecular weight is 480 g/mol. The molecule has 2 aromatic carbocycles. The zero-order valence-electron chi connectivity index (χ0n) is 20.3. The fourth-order valence-corrected chi connectivity index (χ4v) is 4.66. The molecular formula is C27H33N3O5. The van der Waals surface area contributed by atoms with Gasteiger partial charge in [0.25, 0.3) is 0 Å². The minimum absolute atomic E-state index is 0.0811. The Labute approximate surface area is 205 Å². The molecule has 1 fully saturated rings. The number of hydrogen-bond donors (Lipinski definition) is 2. The van der Waals surface area contributed by atoms with Gasteiger partial charge in [0, 0.05) is 12.5 Å². The number of carbonyl (C=O) groups excluding carboxylic acids is 2. The fraction of sp³-hybridized carbons (Fsp3) is 0.444. The molecule has 2 N–H and O–H groups in total. The van der Waals surface area contributed by atoms with Gasteiger partial charge in [0.2, 0.25) is 5.91 Å². The van der Waals surface area contributed by atoms with Crippen LogP contribution in [-0.4, -0.2) is 79.3 Å². The van der Waals surface area contributed by atoms with Crippen molar-refractivity contribution in [3.05, 3.63) is 59.7 Å². The van der Waals surface area contributed by atoms with E-state index in [9.17, 15) is 19.5 Å². The largest absolute Gasteiger partial charge is 0.480 e. The second-order valence-corrected chi connectivity index (χ2v) is 9.67. The van der Waals surface area contributed by atoms with Crippen molar-refractivity contribution in [2.75, 3.05) is 40.3 Å². The van der Waals surface area contributed by atoms with Gasteiger partial charge in [-0.05, 0) is 68.1 Å². The summed E-state index contributed by atoms with van der Waals surface area (Å²) in [6.45, 7) is 0.732. The molecule has 0 aliphatic heterocycles. The number of alkyl carbamates (subject to hydrolysis) is 1. The van der Waals surface area contributed by atoms with Gasteiger partial charge in [0.1, 0.15) is 19.2 Å². The summed E-state index contributed by atoms with van der Waals surface area (Å²) in [5, 5.41) is 12.0. The van der Waals surface area contributed by atoms with E-state index in [0.29, 0.717) is 25.4 Å². The molecule has 2 aliphatic carbocycles. The van der Waals surface area contributed by atoms with Crippen LogP contribution >= 0.6 is 0 Å². The molecule has 0 radical (unpaired) electrons. The molecule has 8 nitrogen and oxygen atoms in total. The first-order chi connectivity index (χ1) is 16.8. The van der Waals surface area contributed by atoms with Crippen LogP contribution in [-0.2, 0) is 14.3 Å². The molecule has 4 rings (SSSR count). The Morgan fingerprint density at radius 2 is 1.63 bits per heavy atom. The van der Waals surface area contributed by atoms with E-state index in [1.807, 2.05) is 55.4 Å². The number of amides is 2. The maximum atomic E-state index is 13.3. The first kappa shape index (κ1) is 24.7. The van der Waals surface area contributed by atoms with Crippen LogP contribution < -0.4 is 5.32 Å². The molecule has 2 aromatic rings.